The third-order valence-electron chi connectivity index (χ3n) is 1.82. The first-order valence-corrected chi connectivity index (χ1v) is 6.86. The lowest BCUT2D eigenvalue weighted by atomic mass is 10.2. The average Bonchev–Trinajstić information content (AvgIpc) is 2.24. The molecule has 7 nitrogen and oxygen atoms in total. The quantitative estimate of drug-likeness (QED) is 0.410. The molecule has 0 aliphatic heterocycles. The molecule has 2 N–H and O–H groups in total. The van der Waals surface area contributed by atoms with Crippen molar-refractivity contribution in [3.05, 3.63) is 0 Å². The van der Waals surface area contributed by atoms with Gasteiger partial charge in [-0.3, -0.25) is 4.79 Å². The third kappa shape index (κ3) is 9.37. The van der Waals surface area contributed by atoms with E-state index in [-0.39, 0.29) is 5.92 Å². The van der Waals surface area contributed by atoms with Gasteiger partial charge in [0.2, 0.25) is 6.29 Å². The molecule has 19 heavy (non-hydrogen) atoms. The van der Waals surface area contributed by atoms with Crippen LogP contribution in [0.2, 0.25) is 0 Å². The Hall–Kier alpha value is -1.22. The fraction of sp³-hybridized carbons (Fsp3) is 0.800. The van der Waals surface area contributed by atoms with Gasteiger partial charge in [0.1, 0.15) is 6.17 Å². The maximum atomic E-state index is 13.0. The van der Waals surface area contributed by atoms with Gasteiger partial charge in [-0.2, -0.15) is 0 Å². The van der Waals surface area contributed by atoms with Gasteiger partial charge in [0, 0.05) is 6.92 Å². The SMILES string of the molecule is CC(OC(=O)NC[C@H](F)CS(=O)O)OC(=O)C(C)C. The number of alkyl halides is 1. The molecule has 1 amide bonds. The first-order valence-electron chi connectivity index (χ1n) is 5.58. The number of esters is 1. The van der Waals surface area contributed by atoms with Gasteiger partial charge in [0.05, 0.1) is 18.2 Å². The van der Waals surface area contributed by atoms with Crippen molar-refractivity contribution in [3.8, 4) is 0 Å². The predicted molar refractivity (Wildman–Crippen MR) is 65.4 cm³/mol. The summed E-state index contributed by atoms with van der Waals surface area (Å²) in [4.78, 5) is 22.3. The molecule has 0 aliphatic rings. The molecule has 0 aromatic heterocycles. The highest BCUT2D eigenvalue weighted by molar-refractivity contribution is 7.79. The molecule has 0 aromatic carbocycles. The number of carbonyl (C=O) groups excluding carboxylic acids is 2. The zero-order valence-corrected chi connectivity index (χ0v) is 11.7. The molecule has 2 unspecified atom stereocenters. The van der Waals surface area contributed by atoms with E-state index in [0.29, 0.717) is 0 Å². The summed E-state index contributed by atoms with van der Waals surface area (Å²) in [5, 5.41) is 2.05. The summed E-state index contributed by atoms with van der Waals surface area (Å²) >= 11 is -2.27. The second-order valence-electron chi connectivity index (χ2n) is 4.03. The fourth-order valence-electron chi connectivity index (χ4n) is 0.924. The molecule has 3 atom stereocenters. The van der Waals surface area contributed by atoms with E-state index >= 15 is 0 Å². The zero-order valence-electron chi connectivity index (χ0n) is 10.9. The van der Waals surface area contributed by atoms with Gasteiger partial charge in [-0.1, -0.05) is 13.8 Å². The number of ether oxygens (including phenoxy) is 2. The lowest BCUT2D eigenvalue weighted by Gasteiger charge is -2.16. The second-order valence-corrected chi connectivity index (χ2v) is 5.01. The van der Waals surface area contributed by atoms with E-state index in [2.05, 4.69) is 4.74 Å². The summed E-state index contributed by atoms with van der Waals surface area (Å²) in [6.45, 7) is 4.13. The molecule has 9 heteroatoms. The average molecular weight is 299 g/mol. The van der Waals surface area contributed by atoms with Crippen molar-refractivity contribution in [2.45, 2.75) is 33.2 Å². The number of hydrogen-bond donors (Lipinski definition) is 2. The van der Waals surface area contributed by atoms with Crippen LogP contribution in [0.3, 0.4) is 0 Å². The molecular weight excluding hydrogens is 281 g/mol. The van der Waals surface area contributed by atoms with Crippen molar-refractivity contribution >= 4 is 23.1 Å². The van der Waals surface area contributed by atoms with Gasteiger partial charge in [0.25, 0.3) is 0 Å². The molecule has 0 aliphatic carbocycles. The molecule has 0 rings (SSSR count). The van der Waals surface area contributed by atoms with Crippen molar-refractivity contribution in [3.63, 3.8) is 0 Å². The van der Waals surface area contributed by atoms with E-state index in [1.54, 1.807) is 13.8 Å². The maximum absolute atomic E-state index is 13.0. The summed E-state index contributed by atoms with van der Waals surface area (Å²) in [6, 6.07) is 0. The fourth-order valence-corrected chi connectivity index (χ4v) is 1.35. The Labute approximate surface area is 113 Å². The number of carbonyl (C=O) groups is 2. The van der Waals surface area contributed by atoms with Crippen molar-refractivity contribution in [2.75, 3.05) is 12.3 Å². The molecule has 0 bridgehead atoms. The highest BCUT2D eigenvalue weighted by Gasteiger charge is 2.17. The van der Waals surface area contributed by atoms with Gasteiger partial charge in [-0.25, -0.2) is 13.4 Å². The first-order chi connectivity index (χ1) is 8.72. The highest BCUT2D eigenvalue weighted by Crippen LogP contribution is 2.02. The number of hydrogen-bond acceptors (Lipinski definition) is 5. The molecule has 0 heterocycles. The Morgan fingerprint density at radius 3 is 2.37 bits per heavy atom. The van der Waals surface area contributed by atoms with Gasteiger partial charge in [0.15, 0.2) is 11.1 Å². The summed E-state index contributed by atoms with van der Waals surface area (Å²) < 4.78 is 41.0. The van der Waals surface area contributed by atoms with Crippen molar-refractivity contribution in [2.24, 2.45) is 5.92 Å². The molecule has 0 spiro atoms. The predicted octanol–water partition coefficient (Wildman–Crippen LogP) is 0.818. The summed E-state index contributed by atoms with van der Waals surface area (Å²) in [5.74, 6) is -1.48. The molecule has 0 aromatic rings. The highest BCUT2D eigenvalue weighted by atomic mass is 32.2. The molecule has 112 valence electrons. The maximum Gasteiger partial charge on any atom is 0.410 e. The van der Waals surface area contributed by atoms with E-state index in [1.807, 2.05) is 5.32 Å². The van der Waals surface area contributed by atoms with Gasteiger partial charge in [-0.05, 0) is 0 Å². The van der Waals surface area contributed by atoms with Gasteiger partial charge in [-0.15, -0.1) is 0 Å². The summed E-state index contributed by atoms with van der Waals surface area (Å²) in [5.41, 5.74) is 0. The van der Waals surface area contributed by atoms with Crippen LogP contribution < -0.4 is 5.32 Å². The molecular formula is C10H18FNO6S. The van der Waals surface area contributed by atoms with Crippen molar-refractivity contribution in [1.82, 2.24) is 5.32 Å². The minimum absolute atomic E-state index is 0.358. The first kappa shape index (κ1) is 17.8. The topological polar surface area (TPSA) is 102 Å². The lowest BCUT2D eigenvalue weighted by Crippen LogP contribution is -2.35. The number of halogens is 1. The normalized spacial score (nSPS) is 15.5. The van der Waals surface area contributed by atoms with Crippen LogP contribution in [0.15, 0.2) is 0 Å². The Morgan fingerprint density at radius 1 is 1.32 bits per heavy atom. The molecule has 0 fully saturated rings. The molecule has 0 saturated heterocycles. The van der Waals surface area contributed by atoms with Crippen LogP contribution in [0.25, 0.3) is 0 Å². The monoisotopic (exact) mass is 299 g/mol. The van der Waals surface area contributed by atoms with Crippen molar-refractivity contribution < 1.29 is 32.2 Å². The second kappa shape index (κ2) is 8.81. The summed E-state index contributed by atoms with van der Waals surface area (Å²) in [6.07, 6.45) is -3.73. The zero-order chi connectivity index (χ0) is 15.0. The van der Waals surface area contributed by atoms with Crippen LogP contribution in [-0.4, -0.2) is 45.6 Å². The van der Waals surface area contributed by atoms with Crippen LogP contribution in [-0.2, 0) is 25.3 Å². The number of nitrogens with one attached hydrogen (secondary N) is 1. The van der Waals surface area contributed by atoms with Crippen LogP contribution in [0.5, 0.6) is 0 Å². The van der Waals surface area contributed by atoms with E-state index in [0.717, 1.165) is 0 Å². The van der Waals surface area contributed by atoms with Gasteiger partial charge < -0.3 is 19.3 Å². The lowest BCUT2D eigenvalue weighted by molar-refractivity contribution is -0.168. The Bertz CT molecular complexity index is 338. The van der Waals surface area contributed by atoms with E-state index in [4.69, 9.17) is 9.29 Å². The van der Waals surface area contributed by atoms with Crippen LogP contribution in [0.4, 0.5) is 9.18 Å². The Kier molecular flexibility index (Phi) is 8.24. The van der Waals surface area contributed by atoms with Crippen LogP contribution in [0.1, 0.15) is 20.8 Å². The minimum Gasteiger partial charge on any atom is -0.425 e. The largest absolute Gasteiger partial charge is 0.425 e. The Balaban J connectivity index is 3.91. The minimum atomic E-state index is -2.27. The van der Waals surface area contributed by atoms with Crippen LogP contribution >= 0.6 is 0 Å². The number of rotatable bonds is 7. The number of alkyl carbamates (subject to hydrolysis) is 1. The van der Waals surface area contributed by atoms with Gasteiger partial charge >= 0.3 is 12.1 Å². The number of amides is 1. The van der Waals surface area contributed by atoms with Crippen LogP contribution in [0, 0.1) is 5.92 Å². The summed E-state index contributed by atoms with van der Waals surface area (Å²) in [7, 11) is 0. The standard InChI is InChI=1S/C10H18FNO6S/c1-6(2)9(13)17-7(3)18-10(14)12-4-8(11)5-19(15)16/h6-8H,4-5H2,1-3H3,(H,12,14)(H,15,16)/t7?,8-/m0/s1. The van der Waals surface area contributed by atoms with E-state index in [9.17, 15) is 18.2 Å². The van der Waals surface area contributed by atoms with Crippen molar-refractivity contribution in [1.29, 1.82) is 0 Å². The molecule has 0 saturated carbocycles. The smallest absolute Gasteiger partial charge is 0.410 e. The molecule has 0 radical (unpaired) electrons. The third-order valence-corrected chi connectivity index (χ3v) is 2.46. The van der Waals surface area contributed by atoms with E-state index in [1.165, 1.54) is 6.92 Å². The van der Waals surface area contributed by atoms with E-state index < -0.39 is 47.9 Å². The Morgan fingerprint density at radius 2 is 1.89 bits per heavy atom.